The fourth-order valence-corrected chi connectivity index (χ4v) is 4.86. The molecular weight excluding hydrogens is 330 g/mol. The first kappa shape index (κ1) is 18.4. The Labute approximate surface area is 142 Å². The number of likely N-dealkylation sites (N-methyl/N-ethyl adjacent to an activating group) is 1. The summed E-state index contributed by atoms with van der Waals surface area (Å²) in [6, 6.07) is 3.44. The van der Waals surface area contributed by atoms with Gasteiger partial charge in [-0.3, -0.25) is 4.79 Å². The molecule has 1 heterocycles. The van der Waals surface area contributed by atoms with Gasteiger partial charge in [0.2, 0.25) is 0 Å². The number of amides is 1. The van der Waals surface area contributed by atoms with Crippen LogP contribution < -0.4 is 0 Å². The second kappa shape index (κ2) is 6.93. The molecule has 1 fully saturated rings. The van der Waals surface area contributed by atoms with Crippen molar-refractivity contribution in [2.45, 2.75) is 33.2 Å². The zero-order chi connectivity index (χ0) is 18.1. The Hall–Kier alpha value is -1.89. The minimum atomic E-state index is -3.07. The molecule has 1 aromatic carbocycles. The van der Waals surface area contributed by atoms with Crippen LogP contribution >= 0.6 is 0 Å². The third-order valence-electron chi connectivity index (χ3n) is 4.36. The van der Waals surface area contributed by atoms with Crippen LogP contribution in [-0.2, 0) is 19.4 Å². The van der Waals surface area contributed by atoms with E-state index in [4.69, 9.17) is 4.74 Å². The first-order valence-corrected chi connectivity index (χ1v) is 9.64. The minimum absolute atomic E-state index is 0.0284. The summed E-state index contributed by atoms with van der Waals surface area (Å²) in [7, 11) is -1.52. The highest BCUT2D eigenvalue weighted by molar-refractivity contribution is 7.91. The molecule has 0 spiro atoms. The number of nitrogens with zero attached hydrogens (tertiary/aromatic N) is 1. The summed E-state index contributed by atoms with van der Waals surface area (Å²) in [6.45, 7) is 5.21. The smallest absolute Gasteiger partial charge is 0.339 e. The molecule has 1 aliphatic rings. The Kier molecular flexibility index (Phi) is 5.32. The molecule has 0 aromatic heterocycles. The number of sulfone groups is 1. The zero-order valence-corrected chi connectivity index (χ0v) is 15.3. The van der Waals surface area contributed by atoms with E-state index in [1.54, 1.807) is 7.05 Å². The average Bonchev–Trinajstić information content (AvgIpc) is 2.83. The maximum absolute atomic E-state index is 12.3. The number of hydrogen-bond donors (Lipinski definition) is 0. The van der Waals surface area contributed by atoms with Crippen molar-refractivity contribution < 1.29 is 22.7 Å². The molecule has 0 unspecified atom stereocenters. The van der Waals surface area contributed by atoms with E-state index in [-0.39, 0.29) is 17.5 Å². The van der Waals surface area contributed by atoms with Gasteiger partial charge in [0.15, 0.2) is 16.4 Å². The van der Waals surface area contributed by atoms with Gasteiger partial charge in [0, 0.05) is 13.1 Å². The molecule has 6 nitrogen and oxygen atoms in total. The van der Waals surface area contributed by atoms with Crippen molar-refractivity contribution >= 4 is 21.7 Å². The van der Waals surface area contributed by atoms with Crippen molar-refractivity contribution in [2.24, 2.45) is 0 Å². The fourth-order valence-electron chi connectivity index (χ4n) is 3.09. The number of hydrogen-bond acceptors (Lipinski definition) is 5. The van der Waals surface area contributed by atoms with Crippen molar-refractivity contribution in [2.75, 3.05) is 25.2 Å². The third-order valence-corrected chi connectivity index (χ3v) is 6.11. The lowest BCUT2D eigenvalue weighted by molar-refractivity contribution is -0.134. The van der Waals surface area contributed by atoms with Crippen molar-refractivity contribution in [3.63, 3.8) is 0 Å². The van der Waals surface area contributed by atoms with Crippen LogP contribution in [0.5, 0.6) is 0 Å². The maximum atomic E-state index is 12.3. The fraction of sp³-hybridized carbons (Fsp3) is 0.529. The number of aryl methyl sites for hydroxylation is 3. The standard InChI is InChI=1S/C17H23NO5S/c1-11-7-12(2)16(13(3)8-11)17(20)23-9-15(19)18(4)14-5-6-24(21,22)10-14/h7-8,14H,5-6,9-10H2,1-4H3/t14-/m0/s1. The molecule has 0 saturated carbocycles. The Balaban J connectivity index is 1.98. The molecule has 0 radical (unpaired) electrons. The molecule has 0 N–H and O–H groups in total. The molecule has 1 aliphatic heterocycles. The number of carbonyl (C=O) groups excluding carboxylic acids is 2. The molecule has 1 saturated heterocycles. The van der Waals surface area contributed by atoms with E-state index in [1.807, 2.05) is 32.9 Å². The largest absolute Gasteiger partial charge is 0.452 e. The molecular formula is C17H23NO5S. The molecule has 24 heavy (non-hydrogen) atoms. The maximum Gasteiger partial charge on any atom is 0.339 e. The molecule has 1 atom stereocenters. The molecule has 0 bridgehead atoms. The summed E-state index contributed by atoms with van der Waals surface area (Å²) < 4.78 is 28.1. The SMILES string of the molecule is Cc1cc(C)c(C(=O)OCC(=O)N(C)[C@H]2CCS(=O)(=O)C2)c(C)c1. The molecule has 1 amide bonds. The van der Waals surface area contributed by atoms with Crippen molar-refractivity contribution in [1.29, 1.82) is 0 Å². The summed E-state index contributed by atoms with van der Waals surface area (Å²) in [5, 5.41) is 0. The Morgan fingerprint density at radius 3 is 2.29 bits per heavy atom. The lowest BCUT2D eigenvalue weighted by atomic mass is 10.00. The quantitative estimate of drug-likeness (QED) is 0.765. The number of benzene rings is 1. The highest BCUT2D eigenvalue weighted by atomic mass is 32.2. The van der Waals surface area contributed by atoms with Gasteiger partial charge in [-0.15, -0.1) is 0 Å². The number of rotatable bonds is 4. The highest BCUT2D eigenvalue weighted by Crippen LogP contribution is 2.19. The normalized spacial score (nSPS) is 19.1. The van der Waals surface area contributed by atoms with Crippen LogP contribution in [-0.4, -0.2) is 56.4 Å². The topological polar surface area (TPSA) is 80.8 Å². The lowest BCUT2D eigenvalue weighted by Crippen LogP contribution is -2.40. The Bertz CT molecular complexity index is 746. The Morgan fingerprint density at radius 2 is 1.79 bits per heavy atom. The zero-order valence-electron chi connectivity index (χ0n) is 14.5. The van der Waals surface area contributed by atoms with Gasteiger partial charge >= 0.3 is 5.97 Å². The van der Waals surface area contributed by atoms with E-state index in [0.29, 0.717) is 12.0 Å². The molecule has 0 aliphatic carbocycles. The first-order chi connectivity index (χ1) is 11.1. The van der Waals surface area contributed by atoms with E-state index in [0.717, 1.165) is 16.7 Å². The van der Waals surface area contributed by atoms with Crippen LogP contribution in [0.25, 0.3) is 0 Å². The van der Waals surface area contributed by atoms with Gasteiger partial charge in [-0.1, -0.05) is 17.7 Å². The van der Waals surface area contributed by atoms with E-state index in [9.17, 15) is 18.0 Å². The summed E-state index contributed by atoms with van der Waals surface area (Å²) >= 11 is 0. The summed E-state index contributed by atoms with van der Waals surface area (Å²) in [5.41, 5.74) is 3.14. The third kappa shape index (κ3) is 4.14. The van der Waals surface area contributed by atoms with Crippen LogP contribution in [0.15, 0.2) is 12.1 Å². The van der Waals surface area contributed by atoms with Crippen LogP contribution in [0.1, 0.15) is 33.5 Å². The second-order valence-electron chi connectivity index (χ2n) is 6.41. The van der Waals surface area contributed by atoms with Crippen LogP contribution in [0.4, 0.5) is 0 Å². The van der Waals surface area contributed by atoms with Gasteiger partial charge in [-0.2, -0.15) is 0 Å². The lowest BCUT2D eigenvalue weighted by Gasteiger charge is -2.23. The predicted molar refractivity (Wildman–Crippen MR) is 90.8 cm³/mol. The molecule has 2 rings (SSSR count). The van der Waals surface area contributed by atoms with Gasteiger partial charge in [-0.05, 0) is 38.3 Å². The van der Waals surface area contributed by atoms with Gasteiger partial charge < -0.3 is 9.64 Å². The van der Waals surface area contributed by atoms with E-state index in [2.05, 4.69) is 0 Å². The monoisotopic (exact) mass is 353 g/mol. The van der Waals surface area contributed by atoms with Crippen molar-refractivity contribution in [1.82, 2.24) is 4.90 Å². The average molecular weight is 353 g/mol. The molecule has 7 heteroatoms. The molecule has 132 valence electrons. The van der Waals surface area contributed by atoms with Gasteiger partial charge in [-0.25, -0.2) is 13.2 Å². The Morgan fingerprint density at radius 1 is 1.21 bits per heavy atom. The van der Waals surface area contributed by atoms with Crippen molar-refractivity contribution in [3.8, 4) is 0 Å². The van der Waals surface area contributed by atoms with Gasteiger partial charge in [0.1, 0.15) is 0 Å². The number of ether oxygens (including phenoxy) is 1. The van der Waals surface area contributed by atoms with Crippen LogP contribution in [0.3, 0.4) is 0 Å². The van der Waals surface area contributed by atoms with E-state index in [1.165, 1.54) is 4.90 Å². The number of carbonyl (C=O) groups is 2. The number of esters is 1. The second-order valence-corrected chi connectivity index (χ2v) is 8.64. The summed E-state index contributed by atoms with van der Waals surface area (Å²) in [4.78, 5) is 25.8. The van der Waals surface area contributed by atoms with Gasteiger partial charge in [0.05, 0.1) is 17.1 Å². The van der Waals surface area contributed by atoms with E-state index < -0.39 is 28.3 Å². The van der Waals surface area contributed by atoms with Crippen molar-refractivity contribution in [3.05, 3.63) is 34.4 Å². The predicted octanol–water partition coefficient (Wildman–Crippen LogP) is 1.41. The summed E-state index contributed by atoms with van der Waals surface area (Å²) in [5.74, 6) is -0.866. The van der Waals surface area contributed by atoms with E-state index >= 15 is 0 Å². The van der Waals surface area contributed by atoms with Crippen LogP contribution in [0, 0.1) is 20.8 Å². The van der Waals surface area contributed by atoms with Crippen LogP contribution in [0.2, 0.25) is 0 Å². The highest BCUT2D eigenvalue weighted by Gasteiger charge is 2.33. The first-order valence-electron chi connectivity index (χ1n) is 7.82. The van der Waals surface area contributed by atoms with Gasteiger partial charge in [0.25, 0.3) is 5.91 Å². The molecule has 1 aromatic rings. The minimum Gasteiger partial charge on any atom is -0.452 e. The summed E-state index contributed by atoms with van der Waals surface area (Å²) in [6.07, 6.45) is 0.425.